The minimum atomic E-state index is -0.954. The summed E-state index contributed by atoms with van der Waals surface area (Å²) in [5, 5.41) is 13.1. The van der Waals surface area contributed by atoms with E-state index in [9.17, 15) is 10.1 Å². The topological polar surface area (TPSA) is 81.9 Å². The second-order valence-electron chi connectivity index (χ2n) is 8.73. The number of carbonyl (C=O) groups is 1. The van der Waals surface area contributed by atoms with Gasteiger partial charge in [-0.1, -0.05) is 50.7 Å². The smallest absolute Gasteiger partial charge is 0.243 e. The zero-order chi connectivity index (χ0) is 20.9. The predicted molar refractivity (Wildman–Crippen MR) is 118 cm³/mol. The van der Waals surface area contributed by atoms with E-state index in [-0.39, 0.29) is 11.9 Å². The average molecular weight is 406 g/mol. The Kier molecular flexibility index (Phi) is 6.47. The third-order valence-corrected chi connectivity index (χ3v) is 6.65. The molecule has 1 aromatic carbocycles. The number of amides is 1. The molecule has 1 N–H and O–H groups in total. The molecule has 1 atom stereocenters. The molecule has 2 aromatic rings. The number of rotatable bonds is 5. The lowest BCUT2D eigenvalue weighted by Gasteiger charge is -2.33. The fourth-order valence-corrected chi connectivity index (χ4v) is 4.87. The molecule has 6 heteroatoms. The summed E-state index contributed by atoms with van der Waals surface area (Å²) in [4.78, 5) is 24.9. The lowest BCUT2D eigenvalue weighted by atomic mass is 9.93. The molecule has 30 heavy (non-hydrogen) atoms. The van der Waals surface area contributed by atoms with E-state index in [4.69, 9.17) is 9.97 Å². The largest absolute Gasteiger partial charge is 0.355 e. The van der Waals surface area contributed by atoms with Crippen molar-refractivity contribution in [2.45, 2.75) is 82.2 Å². The first-order chi connectivity index (χ1) is 14.7. The fourth-order valence-electron chi connectivity index (χ4n) is 4.87. The summed E-state index contributed by atoms with van der Waals surface area (Å²) in [5.74, 6) is -0.525. The van der Waals surface area contributed by atoms with Crippen LogP contribution in [-0.2, 0) is 4.79 Å². The molecule has 0 bridgehead atoms. The lowest BCUT2D eigenvalue weighted by molar-refractivity contribution is -0.122. The van der Waals surface area contributed by atoms with E-state index in [1.165, 1.54) is 25.7 Å². The van der Waals surface area contributed by atoms with Crippen LogP contribution in [0.15, 0.2) is 24.3 Å². The van der Waals surface area contributed by atoms with Crippen LogP contribution in [0.3, 0.4) is 0 Å². The highest BCUT2D eigenvalue weighted by Crippen LogP contribution is 2.31. The van der Waals surface area contributed by atoms with Crippen molar-refractivity contribution in [3.05, 3.63) is 30.0 Å². The maximum absolute atomic E-state index is 13.1. The SMILES string of the molecule is CN(c1nc2ccccc2nc1C(C#N)C(=O)NC1CCCCC1)C1CCCCC1. The Morgan fingerprint density at radius 3 is 2.27 bits per heavy atom. The molecule has 0 saturated heterocycles. The Hall–Kier alpha value is -2.68. The van der Waals surface area contributed by atoms with Crippen molar-refractivity contribution < 1.29 is 4.79 Å². The van der Waals surface area contributed by atoms with Crippen LogP contribution < -0.4 is 10.2 Å². The minimum absolute atomic E-state index is 0.162. The van der Waals surface area contributed by atoms with Crippen molar-refractivity contribution in [2.24, 2.45) is 0 Å². The van der Waals surface area contributed by atoms with Crippen LogP contribution in [0.4, 0.5) is 5.82 Å². The van der Waals surface area contributed by atoms with Gasteiger partial charge < -0.3 is 10.2 Å². The van der Waals surface area contributed by atoms with E-state index in [2.05, 4.69) is 16.3 Å². The van der Waals surface area contributed by atoms with Crippen LogP contribution in [0.1, 0.15) is 75.8 Å². The van der Waals surface area contributed by atoms with Gasteiger partial charge in [0.05, 0.1) is 17.1 Å². The van der Waals surface area contributed by atoms with Crippen LogP contribution >= 0.6 is 0 Å². The summed E-state index contributed by atoms with van der Waals surface area (Å²) in [6.07, 6.45) is 11.4. The molecule has 2 saturated carbocycles. The normalized spacial score (nSPS) is 19.2. The minimum Gasteiger partial charge on any atom is -0.355 e. The number of aromatic nitrogens is 2. The molecule has 2 fully saturated rings. The van der Waals surface area contributed by atoms with Crippen molar-refractivity contribution in [3.63, 3.8) is 0 Å². The highest BCUT2D eigenvalue weighted by atomic mass is 16.2. The molecule has 158 valence electrons. The average Bonchev–Trinajstić information content (AvgIpc) is 2.80. The third kappa shape index (κ3) is 4.40. The Morgan fingerprint density at radius 1 is 1.03 bits per heavy atom. The van der Waals surface area contributed by atoms with E-state index in [1.54, 1.807) is 0 Å². The van der Waals surface area contributed by atoms with E-state index < -0.39 is 5.92 Å². The van der Waals surface area contributed by atoms with Gasteiger partial charge in [0, 0.05) is 19.1 Å². The Labute approximate surface area is 178 Å². The Balaban J connectivity index is 1.69. The number of hydrogen-bond acceptors (Lipinski definition) is 5. The van der Waals surface area contributed by atoms with E-state index in [1.807, 2.05) is 31.3 Å². The molecular weight excluding hydrogens is 374 g/mol. The van der Waals surface area contributed by atoms with E-state index in [0.29, 0.717) is 17.6 Å². The van der Waals surface area contributed by atoms with Gasteiger partial charge in [0.25, 0.3) is 0 Å². The fraction of sp³-hybridized carbons (Fsp3) is 0.583. The van der Waals surface area contributed by atoms with Crippen LogP contribution in [0.5, 0.6) is 0 Å². The van der Waals surface area contributed by atoms with Crippen molar-refractivity contribution in [1.29, 1.82) is 5.26 Å². The van der Waals surface area contributed by atoms with Gasteiger partial charge in [-0.05, 0) is 37.8 Å². The highest BCUT2D eigenvalue weighted by Gasteiger charge is 2.31. The number of benzene rings is 1. The first kappa shape index (κ1) is 20.6. The molecule has 1 aromatic heterocycles. The van der Waals surface area contributed by atoms with Gasteiger partial charge in [-0.15, -0.1) is 0 Å². The number of fused-ring (bicyclic) bond motifs is 1. The molecule has 2 aliphatic carbocycles. The summed E-state index contributed by atoms with van der Waals surface area (Å²) in [6.45, 7) is 0. The first-order valence-electron chi connectivity index (χ1n) is 11.4. The molecule has 6 nitrogen and oxygen atoms in total. The number of nitrogens with one attached hydrogen (secondary N) is 1. The molecule has 0 aliphatic heterocycles. The molecular formula is C24H31N5O. The molecule has 2 aliphatic rings. The van der Waals surface area contributed by atoms with Gasteiger partial charge in [-0.3, -0.25) is 4.79 Å². The van der Waals surface area contributed by atoms with Gasteiger partial charge in [0.1, 0.15) is 5.69 Å². The number of nitrogens with zero attached hydrogens (tertiary/aromatic N) is 4. The Morgan fingerprint density at radius 2 is 1.63 bits per heavy atom. The standard InChI is InChI=1S/C24H31N5O/c1-29(18-12-6-3-7-13-18)23-22(27-20-14-8-9-15-21(20)28-23)19(16-25)24(30)26-17-10-4-2-5-11-17/h8-9,14-15,17-19H,2-7,10-13H2,1H3,(H,26,30). The Bertz CT molecular complexity index is 925. The van der Waals surface area contributed by atoms with E-state index in [0.717, 1.165) is 49.6 Å². The van der Waals surface area contributed by atoms with Crippen LogP contribution in [0.25, 0.3) is 11.0 Å². The van der Waals surface area contributed by atoms with Crippen molar-refractivity contribution in [2.75, 3.05) is 11.9 Å². The van der Waals surface area contributed by atoms with Gasteiger partial charge in [-0.2, -0.15) is 5.26 Å². The summed E-state index contributed by atoms with van der Waals surface area (Å²) < 4.78 is 0. The zero-order valence-electron chi connectivity index (χ0n) is 17.8. The van der Waals surface area contributed by atoms with Crippen LogP contribution in [0.2, 0.25) is 0 Å². The van der Waals surface area contributed by atoms with Gasteiger partial charge >= 0.3 is 0 Å². The van der Waals surface area contributed by atoms with Crippen LogP contribution in [-0.4, -0.2) is 35.0 Å². The van der Waals surface area contributed by atoms with Crippen molar-refractivity contribution in [3.8, 4) is 6.07 Å². The lowest BCUT2D eigenvalue weighted by Crippen LogP contribution is -2.40. The van der Waals surface area contributed by atoms with Gasteiger partial charge in [0.15, 0.2) is 11.7 Å². The molecule has 1 heterocycles. The van der Waals surface area contributed by atoms with Crippen molar-refractivity contribution >= 4 is 22.8 Å². The summed E-state index contributed by atoms with van der Waals surface area (Å²) in [5.41, 5.74) is 2.00. The second-order valence-corrected chi connectivity index (χ2v) is 8.73. The first-order valence-corrected chi connectivity index (χ1v) is 11.4. The third-order valence-electron chi connectivity index (χ3n) is 6.65. The summed E-state index contributed by atoms with van der Waals surface area (Å²) >= 11 is 0. The van der Waals surface area contributed by atoms with Gasteiger partial charge in [-0.25, -0.2) is 9.97 Å². The van der Waals surface area contributed by atoms with Crippen molar-refractivity contribution in [1.82, 2.24) is 15.3 Å². The molecule has 1 unspecified atom stereocenters. The van der Waals surface area contributed by atoms with Gasteiger partial charge in [0.2, 0.25) is 5.91 Å². The zero-order valence-corrected chi connectivity index (χ0v) is 17.8. The summed E-state index contributed by atoms with van der Waals surface area (Å²) in [6, 6.07) is 10.4. The van der Waals surface area contributed by atoms with Crippen LogP contribution in [0, 0.1) is 11.3 Å². The number of anilines is 1. The molecule has 0 radical (unpaired) electrons. The van der Waals surface area contributed by atoms with E-state index >= 15 is 0 Å². The molecule has 4 rings (SSSR count). The second kappa shape index (κ2) is 9.42. The maximum atomic E-state index is 13.1. The quantitative estimate of drug-likeness (QED) is 0.794. The number of carbonyl (C=O) groups excluding carboxylic acids is 1. The monoisotopic (exact) mass is 405 g/mol. The number of nitriles is 1. The summed E-state index contributed by atoms with van der Waals surface area (Å²) in [7, 11) is 2.03. The highest BCUT2D eigenvalue weighted by molar-refractivity contribution is 5.89. The maximum Gasteiger partial charge on any atom is 0.243 e. The number of hydrogen-bond donors (Lipinski definition) is 1. The molecule has 1 amide bonds. The predicted octanol–water partition coefficient (Wildman–Crippen LogP) is 4.45. The molecule has 0 spiro atoms. The number of para-hydroxylation sites is 2.